The van der Waals surface area contributed by atoms with E-state index in [9.17, 15) is 9.18 Å². The highest BCUT2D eigenvalue weighted by molar-refractivity contribution is 5.77. The monoisotopic (exact) mass is 179 g/mol. The molecule has 1 heterocycles. The van der Waals surface area contributed by atoms with Crippen molar-refractivity contribution in [3.63, 3.8) is 0 Å². The van der Waals surface area contributed by atoms with Crippen molar-refractivity contribution in [2.75, 3.05) is 11.4 Å². The van der Waals surface area contributed by atoms with Crippen LogP contribution >= 0.6 is 0 Å². The van der Waals surface area contributed by atoms with Crippen LogP contribution in [0.25, 0.3) is 0 Å². The third-order valence-corrected chi connectivity index (χ3v) is 2.32. The van der Waals surface area contributed by atoms with Gasteiger partial charge in [0.25, 0.3) is 0 Å². The first-order valence-corrected chi connectivity index (χ1v) is 4.31. The Labute approximate surface area is 76.0 Å². The number of benzene rings is 1. The fourth-order valence-corrected chi connectivity index (χ4v) is 1.70. The summed E-state index contributed by atoms with van der Waals surface area (Å²) < 4.78 is 12.8. The van der Waals surface area contributed by atoms with Crippen LogP contribution in [0.2, 0.25) is 0 Å². The zero-order chi connectivity index (χ0) is 9.26. The molecule has 1 amide bonds. The van der Waals surface area contributed by atoms with Gasteiger partial charge in [-0.3, -0.25) is 4.79 Å². The molecule has 0 bridgehead atoms. The molecule has 0 N–H and O–H groups in total. The molecular weight excluding hydrogens is 169 g/mol. The van der Waals surface area contributed by atoms with E-state index >= 15 is 0 Å². The van der Waals surface area contributed by atoms with E-state index in [4.69, 9.17) is 0 Å². The number of fused-ring (bicyclic) bond motifs is 1. The van der Waals surface area contributed by atoms with Crippen molar-refractivity contribution in [3.8, 4) is 0 Å². The molecule has 68 valence electrons. The molecule has 1 aromatic rings. The van der Waals surface area contributed by atoms with Gasteiger partial charge in [0.1, 0.15) is 5.82 Å². The van der Waals surface area contributed by atoms with E-state index in [-0.39, 0.29) is 5.82 Å². The van der Waals surface area contributed by atoms with E-state index in [1.807, 2.05) is 0 Å². The van der Waals surface area contributed by atoms with Crippen LogP contribution in [-0.2, 0) is 11.2 Å². The fourth-order valence-electron chi connectivity index (χ4n) is 1.70. The lowest BCUT2D eigenvalue weighted by atomic mass is 10.0. The Morgan fingerprint density at radius 2 is 2.31 bits per heavy atom. The highest BCUT2D eigenvalue weighted by Gasteiger charge is 2.15. The smallest absolute Gasteiger partial charge is 0.214 e. The molecular formula is C10H10FNO. The predicted octanol–water partition coefficient (Wildman–Crippen LogP) is 1.73. The molecule has 3 heteroatoms. The molecule has 1 aliphatic heterocycles. The largest absolute Gasteiger partial charge is 0.315 e. The molecule has 0 fully saturated rings. The molecule has 0 radical (unpaired) electrons. The first kappa shape index (κ1) is 8.23. The highest BCUT2D eigenvalue weighted by atomic mass is 19.1. The summed E-state index contributed by atoms with van der Waals surface area (Å²) in [5, 5.41) is 0. The van der Waals surface area contributed by atoms with Crippen molar-refractivity contribution in [1.82, 2.24) is 0 Å². The summed E-state index contributed by atoms with van der Waals surface area (Å²) in [6, 6.07) is 4.56. The molecule has 1 aromatic carbocycles. The highest BCUT2D eigenvalue weighted by Crippen LogP contribution is 2.26. The zero-order valence-electron chi connectivity index (χ0n) is 7.16. The molecule has 0 atom stereocenters. The van der Waals surface area contributed by atoms with E-state index in [1.165, 1.54) is 12.1 Å². The summed E-state index contributed by atoms with van der Waals surface area (Å²) in [5.74, 6) is -0.230. The first-order valence-electron chi connectivity index (χ1n) is 4.31. The van der Waals surface area contributed by atoms with E-state index in [1.54, 1.807) is 11.0 Å². The van der Waals surface area contributed by atoms with Crippen LogP contribution in [0, 0.1) is 5.82 Å². The molecule has 0 aliphatic carbocycles. The van der Waals surface area contributed by atoms with E-state index in [0.717, 1.165) is 37.0 Å². The number of carbonyl (C=O) groups excluding carboxylic acids is 1. The summed E-state index contributed by atoms with van der Waals surface area (Å²) in [4.78, 5) is 12.3. The Kier molecular flexibility index (Phi) is 2.00. The predicted molar refractivity (Wildman–Crippen MR) is 48.1 cm³/mol. The molecule has 0 unspecified atom stereocenters. The minimum atomic E-state index is -0.230. The minimum absolute atomic E-state index is 0.230. The number of carbonyl (C=O) groups is 1. The van der Waals surface area contributed by atoms with Gasteiger partial charge in [-0.05, 0) is 36.6 Å². The van der Waals surface area contributed by atoms with Crippen LogP contribution in [0.1, 0.15) is 12.0 Å². The van der Waals surface area contributed by atoms with Crippen LogP contribution in [0.5, 0.6) is 0 Å². The Bertz CT molecular complexity index is 338. The second-order valence-corrected chi connectivity index (χ2v) is 3.18. The maximum Gasteiger partial charge on any atom is 0.214 e. The van der Waals surface area contributed by atoms with Crippen molar-refractivity contribution in [1.29, 1.82) is 0 Å². The quantitative estimate of drug-likeness (QED) is 0.601. The van der Waals surface area contributed by atoms with E-state index < -0.39 is 0 Å². The van der Waals surface area contributed by atoms with Crippen molar-refractivity contribution in [2.24, 2.45) is 0 Å². The van der Waals surface area contributed by atoms with Crippen LogP contribution in [0.3, 0.4) is 0 Å². The number of hydrogen-bond acceptors (Lipinski definition) is 1. The average molecular weight is 179 g/mol. The van der Waals surface area contributed by atoms with Gasteiger partial charge in [0.05, 0.1) is 0 Å². The minimum Gasteiger partial charge on any atom is -0.315 e. The van der Waals surface area contributed by atoms with E-state index in [2.05, 4.69) is 0 Å². The summed E-state index contributed by atoms with van der Waals surface area (Å²) in [6.45, 7) is 0.738. The molecule has 2 nitrogen and oxygen atoms in total. The molecule has 1 aliphatic rings. The number of amides is 1. The molecule has 0 spiro atoms. The van der Waals surface area contributed by atoms with Gasteiger partial charge in [0.15, 0.2) is 0 Å². The lowest BCUT2D eigenvalue weighted by molar-refractivity contribution is -0.107. The van der Waals surface area contributed by atoms with Gasteiger partial charge < -0.3 is 4.90 Å². The Balaban J connectivity index is 2.45. The van der Waals surface area contributed by atoms with Gasteiger partial charge in [0, 0.05) is 12.2 Å². The molecule has 0 saturated carbocycles. The molecule has 0 saturated heterocycles. The fraction of sp³-hybridized carbons (Fsp3) is 0.300. The standard InChI is InChI=1S/C10H10FNO/c11-9-3-4-10-8(6-9)2-1-5-12(10)7-13/h3-4,6-7H,1-2,5H2. The van der Waals surface area contributed by atoms with Gasteiger partial charge >= 0.3 is 0 Å². The Hall–Kier alpha value is -1.38. The zero-order valence-corrected chi connectivity index (χ0v) is 7.16. The van der Waals surface area contributed by atoms with Crippen molar-refractivity contribution in [3.05, 3.63) is 29.6 Å². The lowest BCUT2D eigenvalue weighted by Crippen LogP contribution is -2.27. The second-order valence-electron chi connectivity index (χ2n) is 3.18. The van der Waals surface area contributed by atoms with Crippen LogP contribution in [0.15, 0.2) is 18.2 Å². The van der Waals surface area contributed by atoms with Gasteiger partial charge in [-0.2, -0.15) is 0 Å². The Morgan fingerprint density at radius 1 is 1.46 bits per heavy atom. The number of aryl methyl sites for hydroxylation is 1. The lowest BCUT2D eigenvalue weighted by Gasteiger charge is -2.25. The summed E-state index contributed by atoms with van der Waals surface area (Å²) in [7, 11) is 0. The Morgan fingerprint density at radius 3 is 3.08 bits per heavy atom. The third kappa shape index (κ3) is 1.41. The van der Waals surface area contributed by atoms with Gasteiger partial charge in [-0.1, -0.05) is 0 Å². The first-order chi connectivity index (χ1) is 6.31. The topological polar surface area (TPSA) is 20.3 Å². The van der Waals surface area contributed by atoms with Gasteiger partial charge in [0.2, 0.25) is 6.41 Å². The molecule has 0 aromatic heterocycles. The number of rotatable bonds is 1. The molecule has 2 rings (SSSR count). The van der Waals surface area contributed by atoms with Crippen molar-refractivity contribution < 1.29 is 9.18 Å². The van der Waals surface area contributed by atoms with Gasteiger partial charge in [-0.25, -0.2) is 4.39 Å². The van der Waals surface area contributed by atoms with Crippen LogP contribution in [0.4, 0.5) is 10.1 Å². The third-order valence-electron chi connectivity index (χ3n) is 2.32. The summed E-state index contributed by atoms with van der Waals surface area (Å²) in [6.07, 6.45) is 2.57. The number of halogens is 1. The number of anilines is 1. The van der Waals surface area contributed by atoms with Crippen molar-refractivity contribution in [2.45, 2.75) is 12.8 Å². The summed E-state index contributed by atoms with van der Waals surface area (Å²) >= 11 is 0. The molecule has 13 heavy (non-hydrogen) atoms. The number of nitrogens with zero attached hydrogens (tertiary/aromatic N) is 1. The van der Waals surface area contributed by atoms with Crippen LogP contribution < -0.4 is 4.90 Å². The SMILES string of the molecule is O=CN1CCCc2cc(F)ccc21. The summed E-state index contributed by atoms with van der Waals surface area (Å²) in [5.41, 5.74) is 1.78. The average Bonchev–Trinajstić information content (AvgIpc) is 2.16. The maximum absolute atomic E-state index is 12.8. The second kappa shape index (κ2) is 3.17. The normalized spacial score (nSPS) is 15.3. The van der Waals surface area contributed by atoms with Crippen LogP contribution in [-0.4, -0.2) is 13.0 Å². The number of hydrogen-bond donors (Lipinski definition) is 0. The van der Waals surface area contributed by atoms with Gasteiger partial charge in [-0.15, -0.1) is 0 Å². The van der Waals surface area contributed by atoms with Crippen molar-refractivity contribution >= 4 is 12.1 Å². The maximum atomic E-state index is 12.8. The van der Waals surface area contributed by atoms with E-state index in [0.29, 0.717) is 0 Å².